The van der Waals surface area contributed by atoms with Gasteiger partial charge in [0, 0.05) is 10.7 Å². The summed E-state index contributed by atoms with van der Waals surface area (Å²) in [7, 11) is 0. The predicted octanol–water partition coefficient (Wildman–Crippen LogP) is 3.37. The molecule has 2 N–H and O–H groups in total. The molecule has 7 heteroatoms. The largest absolute Gasteiger partial charge is 0.434 e. The minimum absolute atomic E-state index is 0.0545. The zero-order valence-corrected chi connectivity index (χ0v) is 10.9. The summed E-state index contributed by atoms with van der Waals surface area (Å²) in [6, 6.07) is 5.39. The molecular weight excluding hydrogens is 320 g/mol. The molecule has 0 aliphatic carbocycles. The van der Waals surface area contributed by atoms with E-state index in [-0.39, 0.29) is 22.9 Å². The lowest BCUT2D eigenvalue weighted by Crippen LogP contribution is -1.98. The van der Waals surface area contributed by atoms with Gasteiger partial charge in [-0.15, -0.1) is 0 Å². The molecule has 0 unspecified atom stereocenters. The topological polar surface area (TPSA) is 71.9 Å². The highest BCUT2D eigenvalue weighted by atomic mass is 79.9. The molecule has 1 aromatic heterocycles. The van der Waals surface area contributed by atoms with Crippen molar-refractivity contribution in [3.8, 4) is 17.7 Å². The molecule has 0 atom stereocenters. The van der Waals surface area contributed by atoms with Crippen LogP contribution in [0.2, 0.25) is 0 Å². The molecule has 2 rings (SSSR count). The third kappa shape index (κ3) is 2.80. The van der Waals surface area contributed by atoms with Crippen molar-refractivity contribution in [1.29, 1.82) is 5.26 Å². The summed E-state index contributed by atoms with van der Waals surface area (Å²) < 4.78 is 32.1. The van der Waals surface area contributed by atoms with Crippen LogP contribution in [0.15, 0.2) is 28.9 Å². The SMILES string of the molecule is N#Cc1cnc(Oc2cc(Br)cc(F)c2F)c(N)c1. The maximum atomic E-state index is 13.5. The van der Waals surface area contributed by atoms with Gasteiger partial charge >= 0.3 is 0 Å². The molecule has 0 saturated heterocycles. The number of hydrogen-bond acceptors (Lipinski definition) is 4. The summed E-state index contributed by atoms with van der Waals surface area (Å²) in [5.74, 6) is -2.66. The molecule has 0 spiro atoms. The van der Waals surface area contributed by atoms with Gasteiger partial charge in [0.05, 0.1) is 11.3 Å². The highest BCUT2D eigenvalue weighted by molar-refractivity contribution is 9.10. The molecule has 0 aliphatic heterocycles. The van der Waals surface area contributed by atoms with Crippen LogP contribution in [0.4, 0.5) is 14.5 Å². The lowest BCUT2D eigenvalue weighted by atomic mass is 10.3. The lowest BCUT2D eigenvalue weighted by Gasteiger charge is -2.09. The van der Waals surface area contributed by atoms with E-state index in [1.165, 1.54) is 18.3 Å². The minimum Gasteiger partial charge on any atom is -0.434 e. The van der Waals surface area contributed by atoms with Gasteiger partial charge in [-0.05, 0) is 18.2 Å². The Morgan fingerprint density at radius 2 is 2.05 bits per heavy atom. The molecule has 19 heavy (non-hydrogen) atoms. The van der Waals surface area contributed by atoms with Crippen LogP contribution in [-0.4, -0.2) is 4.98 Å². The summed E-state index contributed by atoms with van der Waals surface area (Å²) in [5.41, 5.74) is 5.90. The number of anilines is 1. The standard InChI is InChI=1S/C12H6BrF2N3O/c13-7-2-8(14)11(15)10(3-7)19-12-9(17)1-6(4-16)5-18-12/h1-3,5H,17H2. The quantitative estimate of drug-likeness (QED) is 0.859. The van der Waals surface area contributed by atoms with Crippen LogP contribution >= 0.6 is 15.9 Å². The molecule has 0 bridgehead atoms. The zero-order chi connectivity index (χ0) is 14.0. The number of rotatable bonds is 2. The minimum atomic E-state index is -1.14. The summed E-state index contributed by atoms with van der Waals surface area (Å²) >= 11 is 3.02. The monoisotopic (exact) mass is 325 g/mol. The Morgan fingerprint density at radius 1 is 1.32 bits per heavy atom. The highest BCUT2D eigenvalue weighted by Crippen LogP contribution is 2.31. The van der Waals surface area contributed by atoms with Crippen LogP contribution in [0.5, 0.6) is 11.6 Å². The van der Waals surface area contributed by atoms with E-state index in [0.717, 1.165) is 6.07 Å². The molecule has 4 nitrogen and oxygen atoms in total. The normalized spacial score (nSPS) is 10.0. The van der Waals surface area contributed by atoms with Crippen LogP contribution in [0.1, 0.15) is 5.56 Å². The number of hydrogen-bond donors (Lipinski definition) is 1. The second-order valence-electron chi connectivity index (χ2n) is 3.53. The maximum absolute atomic E-state index is 13.5. The van der Waals surface area contributed by atoms with Crippen molar-refractivity contribution >= 4 is 21.6 Å². The Bertz CT molecular complexity index is 685. The molecule has 96 valence electrons. The molecule has 0 aliphatic rings. The number of nitrogen functional groups attached to an aromatic ring is 1. The van der Waals surface area contributed by atoms with E-state index in [1.54, 1.807) is 0 Å². The van der Waals surface area contributed by atoms with Gasteiger partial charge in [0.1, 0.15) is 6.07 Å². The van der Waals surface area contributed by atoms with Gasteiger partial charge in [0.2, 0.25) is 11.7 Å². The van der Waals surface area contributed by atoms with Crippen LogP contribution in [0.3, 0.4) is 0 Å². The summed E-state index contributed by atoms with van der Waals surface area (Å²) in [4.78, 5) is 3.77. The molecule has 0 saturated carbocycles. The summed E-state index contributed by atoms with van der Waals surface area (Å²) in [5, 5.41) is 8.66. The van der Waals surface area contributed by atoms with E-state index < -0.39 is 11.6 Å². The molecule has 0 fully saturated rings. The van der Waals surface area contributed by atoms with Crippen LogP contribution in [0.25, 0.3) is 0 Å². The number of nitrogens with two attached hydrogens (primary N) is 1. The third-order valence-electron chi connectivity index (χ3n) is 2.17. The Hall–Kier alpha value is -2.20. The highest BCUT2D eigenvalue weighted by Gasteiger charge is 2.14. The van der Waals surface area contributed by atoms with E-state index in [0.29, 0.717) is 4.47 Å². The van der Waals surface area contributed by atoms with Gasteiger partial charge in [0.15, 0.2) is 11.6 Å². The average Bonchev–Trinajstić information content (AvgIpc) is 2.37. The lowest BCUT2D eigenvalue weighted by molar-refractivity contribution is 0.406. The Balaban J connectivity index is 2.39. The van der Waals surface area contributed by atoms with Crippen molar-refractivity contribution in [3.63, 3.8) is 0 Å². The number of halogens is 3. The number of nitriles is 1. The van der Waals surface area contributed by atoms with Gasteiger partial charge in [-0.3, -0.25) is 0 Å². The average molecular weight is 326 g/mol. The van der Waals surface area contributed by atoms with Crippen molar-refractivity contribution in [2.45, 2.75) is 0 Å². The fourth-order valence-corrected chi connectivity index (χ4v) is 1.74. The Morgan fingerprint density at radius 3 is 2.68 bits per heavy atom. The first-order chi connectivity index (χ1) is 9.01. The van der Waals surface area contributed by atoms with E-state index >= 15 is 0 Å². The van der Waals surface area contributed by atoms with Crippen molar-refractivity contribution in [3.05, 3.63) is 46.1 Å². The predicted molar refractivity (Wildman–Crippen MR) is 67.5 cm³/mol. The number of aromatic nitrogens is 1. The van der Waals surface area contributed by atoms with Gasteiger partial charge in [0.25, 0.3) is 0 Å². The second kappa shape index (κ2) is 5.20. The Kier molecular flexibility index (Phi) is 3.62. The fraction of sp³-hybridized carbons (Fsp3) is 0. The summed E-state index contributed by atoms with van der Waals surface area (Å²) in [6.07, 6.45) is 1.22. The van der Waals surface area contributed by atoms with Crippen LogP contribution in [-0.2, 0) is 0 Å². The molecule has 1 aromatic carbocycles. The first kappa shape index (κ1) is 13.2. The van der Waals surface area contributed by atoms with Gasteiger partial charge in [-0.1, -0.05) is 15.9 Å². The number of pyridine rings is 1. The van der Waals surface area contributed by atoms with E-state index in [4.69, 9.17) is 15.7 Å². The number of benzene rings is 1. The smallest absolute Gasteiger partial charge is 0.242 e. The Labute approximate surface area is 115 Å². The zero-order valence-electron chi connectivity index (χ0n) is 9.32. The van der Waals surface area contributed by atoms with Gasteiger partial charge in [-0.2, -0.15) is 9.65 Å². The fourth-order valence-electron chi connectivity index (χ4n) is 1.33. The molecule has 0 amide bonds. The summed E-state index contributed by atoms with van der Waals surface area (Å²) in [6.45, 7) is 0. The molecular formula is C12H6BrF2N3O. The van der Waals surface area contributed by atoms with Crippen molar-refractivity contribution in [2.75, 3.05) is 5.73 Å². The first-order valence-corrected chi connectivity index (χ1v) is 5.78. The van der Waals surface area contributed by atoms with Gasteiger partial charge in [-0.25, -0.2) is 9.37 Å². The van der Waals surface area contributed by atoms with Crippen LogP contribution in [0, 0.1) is 23.0 Å². The van der Waals surface area contributed by atoms with Crippen LogP contribution < -0.4 is 10.5 Å². The van der Waals surface area contributed by atoms with Crippen molar-refractivity contribution < 1.29 is 13.5 Å². The van der Waals surface area contributed by atoms with E-state index in [2.05, 4.69) is 20.9 Å². The molecule has 2 aromatic rings. The number of ether oxygens (including phenoxy) is 1. The second-order valence-corrected chi connectivity index (χ2v) is 4.45. The van der Waals surface area contributed by atoms with E-state index in [9.17, 15) is 8.78 Å². The maximum Gasteiger partial charge on any atom is 0.242 e. The van der Waals surface area contributed by atoms with Gasteiger partial charge < -0.3 is 10.5 Å². The molecule has 0 radical (unpaired) electrons. The first-order valence-electron chi connectivity index (χ1n) is 4.99. The third-order valence-corrected chi connectivity index (χ3v) is 2.63. The van der Waals surface area contributed by atoms with Crippen molar-refractivity contribution in [2.24, 2.45) is 0 Å². The van der Waals surface area contributed by atoms with E-state index in [1.807, 2.05) is 6.07 Å². The molecule has 1 heterocycles. The van der Waals surface area contributed by atoms with Crippen molar-refractivity contribution in [1.82, 2.24) is 4.98 Å². The number of nitrogens with zero attached hydrogens (tertiary/aromatic N) is 2.